The molecule has 3 N–H and O–H groups in total. The number of benzene rings is 5. The Morgan fingerprint density at radius 2 is 1.31 bits per heavy atom. The molecule has 1 amide bonds. The Balaban J connectivity index is 1.06. The number of aromatic nitrogens is 6. The molecular weight excluding hydrogens is 1170 g/mol. The summed E-state index contributed by atoms with van der Waals surface area (Å²) in [5.74, 6) is 0.376. The molecule has 20 nitrogen and oxygen atoms in total. The van der Waals surface area contributed by atoms with Crippen LogP contribution >= 0.6 is 17.1 Å². The summed E-state index contributed by atoms with van der Waals surface area (Å²) in [6.45, 7) is 8.31. The molecule has 0 bridgehead atoms. The van der Waals surface area contributed by atoms with Crippen LogP contribution in [0.4, 0.5) is 5.95 Å². The minimum Gasteiger partial charge on any atom is -0.497 e. The molecule has 2 aliphatic rings. The first kappa shape index (κ1) is 61.8. The third-order valence-corrected chi connectivity index (χ3v) is 25.7. The van der Waals surface area contributed by atoms with E-state index in [0.717, 1.165) is 22.7 Å². The minimum atomic E-state index is -3.62. The summed E-state index contributed by atoms with van der Waals surface area (Å²) in [7, 11) is 0.741. The highest BCUT2D eigenvalue weighted by Gasteiger charge is 2.47. The number of H-pyrrole nitrogens is 2. The largest absolute Gasteiger partial charge is 0.497 e. The lowest BCUT2D eigenvalue weighted by Crippen LogP contribution is -2.55. The van der Waals surface area contributed by atoms with E-state index in [4.69, 9.17) is 54.3 Å². The highest BCUT2D eigenvalue weighted by atomic mass is 32.9. The zero-order valence-corrected chi connectivity index (χ0v) is 52.1. The summed E-state index contributed by atoms with van der Waals surface area (Å²) in [4.78, 5) is 79.1. The van der Waals surface area contributed by atoms with Gasteiger partial charge in [0.15, 0.2) is 11.2 Å². The Hall–Kier alpha value is -7.31. The fraction of sp³-hybridized carbons (Fsp3) is 0.339. The molecule has 24 heteroatoms. The Morgan fingerprint density at radius 1 is 0.767 bits per heavy atom. The molecule has 3 aromatic heterocycles. The van der Waals surface area contributed by atoms with Crippen molar-refractivity contribution in [3.63, 3.8) is 0 Å². The lowest BCUT2D eigenvalue weighted by atomic mass is 9.80. The summed E-state index contributed by atoms with van der Waals surface area (Å²) in [6.07, 6.45) is -2.44. The van der Waals surface area contributed by atoms with Gasteiger partial charge in [0.25, 0.3) is 11.1 Å². The van der Waals surface area contributed by atoms with Gasteiger partial charge < -0.3 is 37.5 Å². The fourth-order valence-corrected chi connectivity index (χ4v) is 20.6. The molecule has 0 aliphatic carbocycles. The molecule has 5 heterocycles. The highest BCUT2D eigenvalue weighted by molar-refractivity contribution is 8.67. The summed E-state index contributed by atoms with van der Waals surface area (Å²) < 4.78 is 55.5. The normalized spacial score (nSPS) is 19.5. The van der Waals surface area contributed by atoms with Gasteiger partial charge in [-0.25, -0.2) is 9.78 Å². The van der Waals surface area contributed by atoms with Crippen LogP contribution in [0.25, 0.3) is 11.2 Å². The number of fused-ring (bicyclic) bond motifs is 1. The molecule has 1 unspecified atom stereocenters. The summed E-state index contributed by atoms with van der Waals surface area (Å²) >= 11 is 8.13. The van der Waals surface area contributed by atoms with E-state index in [1.807, 2.05) is 91.0 Å². The summed E-state index contributed by atoms with van der Waals surface area (Å²) in [5, 5.41) is 5.17. The Kier molecular flexibility index (Phi) is 19.2. The molecule has 450 valence electrons. The summed E-state index contributed by atoms with van der Waals surface area (Å²) in [6, 6.07) is 46.8. The molecule has 86 heavy (non-hydrogen) atoms. The van der Waals surface area contributed by atoms with Gasteiger partial charge in [0.05, 0.1) is 39.9 Å². The number of anilines is 1. The standard InChI is InChI=1S/C62H68N7O13PS2Si/c1-39(2)57(71)65-60-64-56-55(59(73)66-60)63-38-69(56)54-34-50(51(80-54)36-77-62(42-17-11-8-12-18-42,43-23-27-45(75-5)28-24-43)44-25-29-46(76-6)30-26-44)82-83(84,85-31-32-86(7,47-19-13-9-14-20-47)48-21-15-10-16-22-48)78-37-52-49(79-41(4)70)33-53(81-52)68-35-40(3)58(72)67-61(68)74/h8-30,35,38-39,49-54H,31-34,36-37H2,1-7H3,(H,67,72,74)(H2,64,65,66,71,73)/t49-,50-,51+,52+,53+,54+,83?/m0/s1. The number of hydrogen-bond acceptors (Lipinski definition) is 17. The third kappa shape index (κ3) is 13.5. The number of amides is 1. The fourth-order valence-electron chi connectivity index (χ4n) is 10.9. The SMILES string of the molecule is COc1ccc(C(OC[C@H]2O[C@@H](n3cnc4c(=O)[nH]c(NC(=O)C(C)C)nc43)C[C@@H]2OP(=S)(OC[C@H]2O[C@@H](n3cc(C)c(=O)[nH]c3=O)C[C@@H]2OC(C)=O)SCC[Si](C)(c2ccccc2)c2ccccc2)(c2ccccc2)c2ccc(OC)cc2)cc1. The monoisotopic (exact) mass is 1240 g/mol. The number of aryl methyl sites for hydroxylation is 1. The highest BCUT2D eigenvalue weighted by Crippen LogP contribution is 2.64. The van der Waals surface area contributed by atoms with Gasteiger partial charge in [0.2, 0.25) is 17.5 Å². The van der Waals surface area contributed by atoms with Crippen LogP contribution in [0, 0.1) is 12.8 Å². The van der Waals surface area contributed by atoms with Crippen molar-refractivity contribution in [2.75, 3.05) is 38.5 Å². The van der Waals surface area contributed by atoms with Crippen LogP contribution in [0.15, 0.2) is 166 Å². The van der Waals surface area contributed by atoms with E-state index in [1.165, 1.54) is 45.8 Å². The van der Waals surface area contributed by atoms with Crippen LogP contribution in [0.2, 0.25) is 12.6 Å². The van der Waals surface area contributed by atoms with E-state index < -0.39 is 84.9 Å². The number of esters is 1. The van der Waals surface area contributed by atoms with E-state index in [9.17, 15) is 24.0 Å². The number of aromatic amines is 2. The number of imidazole rings is 1. The first-order valence-corrected chi connectivity index (χ1v) is 35.1. The maximum absolute atomic E-state index is 13.6. The molecule has 5 aromatic carbocycles. The second-order valence-corrected chi connectivity index (χ2v) is 32.3. The van der Waals surface area contributed by atoms with Crippen LogP contribution in [0.3, 0.4) is 0 Å². The van der Waals surface area contributed by atoms with Gasteiger partial charge in [-0.05, 0) is 65.7 Å². The van der Waals surface area contributed by atoms with Gasteiger partial charge in [-0.15, -0.1) is 0 Å². The van der Waals surface area contributed by atoms with Gasteiger partial charge >= 0.3 is 11.7 Å². The van der Waals surface area contributed by atoms with E-state index in [0.29, 0.717) is 17.3 Å². The second kappa shape index (κ2) is 26.8. The zero-order chi connectivity index (χ0) is 60.8. The van der Waals surface area contributed by atoms with Crippen LogP contribution < -0.4 is 42.0 Å². The Morgan fingerprint density at radius 3 is 1.88 bits per heavy atom. The minimum absolute atomic E-state index is 0.0139. The van der Waals surface area contributed by atoms with Crippen molar-refractivity contribution in [3.8, 4) is 11.5 Å². The number of nitrogens with one attached hydrogen (secondary N) is 3. The van der Waals surface area contributed by atoms with Crippen molar-refractivity contribution >= 4 is 76.3 Å². The Labute approximate surface area is 506 Å². The van der Waals surface area contributed by atoms with Gasteiger partial charge in [-0.2, -0.15) is 4.98 Å². The van der Waals surface area contributed by atoms with Gasteiger partial charge in [0, 0.05) is 43.2 Å². The lowest BCUT2D eigenvalue weighted by molar-refractivity contribution is -0.150. The number of nitrogens with zero attached hydrogens (tertiary/aromatic N) is 4. The first-order chi connectivity index (χ1) is 41.4. The van der Waals surface area contributed by atoms with E-state index in [1.54, 1.807) is 39.6 Å². The van der Waals surface area contributed by atoms with E-state index in [-0.39, 0.29) is 54.6 Å². The van der Waals surface area contributed by atoms with E-state index in [2.05, 4.69) is 75.3 Å². The molecule has 8 aromatic rings. The molecule has 2 saturated heterocycles. The average Bonchev–Trinajstić information content (AvgIpc) is 1.13. The van der Waals surface area contributed by atoms with Crippen molar-refractivity contribution < 1.29 is 47.1 Å². The van der Waals surface area contributed by atoms with Gasteiger partial charge in [0.1, 0.15) is 55.9 Å². The predicted octanol–water partition coefficient (Wildman–Crippen LogP) is 8.36. The van der Waals surface area contributed by atoms with E-state index >= 15 is 0 Å². The smallest absolute Gasteiger partial charge is 0.330 e. The van der Waals surface area contributed by atoms with Crippen molar-refractivity contribution in [1.29, 1.82) is 0 Å². The zero-order valence-electron chi connectivity index (χ0n) is 48.6. The molecule has 0 radical (unpaired) electrons. The number of carbonyl (C=O) groups is 2. The number of ether oxygens (including phenoxy) is 6. The molecule has 7 atom stereocenters. The molecule has 2 aliphatic heterocycles. The molecular formula is C62H68N7O13PS2Si. The number of rotatable bonds is 24. The van der Waals surface area contributed by atoms with Crippen molar-refractivity contribution in [1.82, 2.24) is 29.1 Å². The third-order valence-electron chi connectivity index (χ3n) is 15.6. The number of carbonyl (C=O) groups excluding carboxylic acids is 2. The quantitative estimate of drug-likeness (QED) is 0.0223. The van der Waals surface area contributed by atoms with Crippen molar-refractivity contribution in [2.24, 2.45) is 5.92 Å². The number of methoxy groups -OCH3 is 2. The topological polar surface area (TPSA) is 238 Å². The van der Waals surface area contributed by atoms with Gasteiger partial charge in [-0.3, -0.25) is 43.6 Å². The number of hydrogen-bond donors (Lipinski definition) is 3. The van der Waals surface area contributed by atoms with Crippen LogP contribution in [0.5, 0.6) is 11.5 Å². The Bertz CT molecular complexity index is 3810. The van der Waals surface area contributed by atoms with Crippen LogP contribution in [-0.4, -0.2) is 107 Å². The average molecular weight is 1240 g/mol. The van der Waals surface area contributed by atoms with Crippen LogP contribution in [0.1, 0.15) is 68.3 Å². The van der Waals surface area contributed by atoms with Crippen molar-refractivity contribution in [2.45, 2.75) is 95.6 Å². The maximum atomic E-state index is 13.6. The van der Waals surface area contributed by atoms with Crippen LogP contribution in [-0.2, 0) is 55.0 Å². The predicted molar refractivity (Wildman–Crippen MR) is 335 cm³/mol. The molecule has 10 rings (SSSR count). The second-order valence-electron chi connectivity index (χ2n) is 21.6. The molecule has 0 spiro atoms. The first-order valence-electron chi connectivity index (χ1n) is 28.1. The maximum Gasteiger partial charge on any atom is 0.330 e. The van der Waals surface area contributed by atoms with Crippen molar-refractivity contribution in [3.05, 3.63) is 205 Å². The lowest BCUT2D eigenvalue weighted by Gasteiger charge is -2.37. The molecule has 2 fully saturated rings. The summed E-state index contributed by atoms with van der Waals surface area (Å²) in [5.41, 5.74) is -3.94. The van der Waals surface area contributed by atoms with Gasteiger partial charge in [-0.1, -0.05) is 157 Å². The molecule has 0 saturated carbocycles.